The minimum absolute atomic E-state index is 0.0803. The van der Waals surface area contributed by atoms with Crippen LogP contribution in [-0.4, -0.2) is 22.7 Å². The summed E-state index contributed by atoms with van der Waals surface area (Å²) in [7, 11) is -8.55. The fourth-order valence-electron chi connectivity index (χ4n) is 3.15. The molecule has 0 bridgehead atoms. The van der Waals surface area contributed by atoms with Gasteiger partial charge >= 0.3 is 0 Å². The molecule has 1 aliphatic rings. The molecule has 1 aliphatic heterocycles. The summed E-state index contributed by atoms with van der Waals surface area (Å²) >= 11 is 0. The Morgan fingerprint density at radius 2 is 1.41 bits per heavy atom. The lowest BCUT2D eigenvalue weighted by atomic mass is 10.1. The van der Waals surface area contributed by atoms with E-state index in [2.05, 4.69) is 5.32 Å². The summed E-state index contributed by atoms with van der Waals surface area (Å²) in [4.78, 5) is 11.9. The zero-order valence-electron chi connectivity index (χ0n) is 15.2. The van der Waals surface area contributed by atoms with Gasteiger partial charge < -0.3 is 5.32 Å². The molecule has 0 aromatic heterocycles. The highest BCUT2D eigenvalue weighted by Gasteiger charge is 2.47. The molecule has 9 heteroatoms. The van der Waals surface area contributed by atoms with E-state index in [0.717, 1.165) is 5.56 Å². The van der Waals surface area contributed by atoms with Gasteiger partial charge in [-0.25, -0.2) is 0 Å². The van der Waals surface area contributed by atoms with E-state index in [1.165, 1.54) is 42.5 Å². The van der Waals surface area contributed by atoms with Crippen LogP contribution in [0.15, 0.2) is 82.6 Å². The molecule has 0 fully saturated rings. The van der Waals surface area contributed by atoms with E-state index in [1.54, 1.807) is 24.3 Å². The van der Waals surface area contributed by atoms with Gasteiger partial charge in [0.25, 0.3) is 26.0 Å². The molecule has 0 atom stereocenters. The van der Waals surface area contributed by atoms with Crippen molar-refractivity contribution in [3.05, 3.63) is 83.9 Å². The summed E-state index contributed by atoms with van der Waals surface area (Å²) in [5, 5.41) is 2.67. The van der Waals surface area contributed by atoms with Crippen molar-refractivity contribution in [2.24, 2.45) is 0 Å². The second-order valence-electron chi connectivity index (χ2n) is 6.53. The van der Waals surface area contributed by atoms with Gasteiger partial charge in [-0.1, -0.05) is 35.9 Å². The van der Waals surface area contributed by atoms with Gasteiger partial charge in [0.05, 0.1) is 5.69 Å². The molecule has 0 unspecified atom stereocenters. The predicted octanol–water partition coefficient (Wildman–Crippen LogP) is 3.14. The monoisotopic (exact) mass is 428 g/mol. The van der Waals surface area contributed by atoms with Crippen LogP contribution < -0.4 is 9.03 Å². The molecule has 1 amide bonds. The van der Waals surface area contributed by atoms with Gasteiger partial charge in [-0.2, -0.15) is 20.5 Å². The van der Waals surface area contributed by atoms with Gasteiger partial charge in [0.2, 0.25) is 0 Å². The summed E-state index contributed by atoms with van der Waals surface area (Å²) < 4.78 is 51.8. The molecule has 1 heterocycles. The Morgan fingerprint density at radius 3 is 2.03 bits per heavy atom. The number of carbonyl (C=O) groups excluding carboxylic acids is 1. The van der Waals surface area contributed by atoms with Gasteiger partial charge in [0, 0.05) is 11.3 Å². The highest BCUT2D eigenvalue weighted by molar-refractivity contribution is 8.12. The SMILES string of the molecule is Cc1cccc(C(=O)Nc2cccc(N3S(=O)(=O)c4ccccc4S3(=O)=O)c2)c1. The molecule has 0 saturated carbocycles. The second-order valence-corrected chi connectivity index (χ2v) is 10.3. The number of benzene rings is 3. The molecule has 29 heavy (non-hydrogen) atoms. The average molecular weight is 428 g/mol. The Bertz CT molecular complexity index is 1300. The van der Waals surface area contributed by atoms with Crippen LogP contribution in [0.2, 0.25) is 0 Å². The lowest BCUT2D eigenvalue weighted by Crippen LogP contribution is -2.30. The molecule has 1 N–H and O–H groups in total. The Balaban J connectivity index is 1.72. The zero-order valence-corrected chi connectivity index (χ0v) is 16.9. The normalized spacial score (nSPS) is 16.2. The third-order valence-electron chi connectivity index (χ3n) is 4.44. The summed E-state index contributed by atoms with van der Waals surface area (Å²) in [6.45, 7) is 1.86. The first-order chi connectivity index (χ1) is 13.7. The highest BCUT2D eigenvalue weighted by Crippen LogP contribution is 2.40. The third-order valence-corrected chi connectivity index (χ3v) is 8.86. The second kappa shape index (κ2) is 6.71. The number of sulfonamides is 2. The molecule has 3 aromatic carbocycles. The summed E-state index contributed by atoms with van der Waals surface area (Å²) in [5.41, 5.74) is 1.54. The number of amides is 1. The van der Waals surface area contributed by atoms with Crippen molar-refractivity contribution in [2.45, 2.75) is 16.7 Å². The number of hydrogen-bond acceptors (Lipinski definition) is 5. The maximum Gasteiger partial charge on any atom is 0.279 e. The van der Waals surface area contributed by atoms with Gasteiger partial charge in [0.1, 0.15) is 9.79 Å². The number of fused-ring (bicyclic) bond motifs is 1. The van der Waals surface area contributed by atoms with Crippen molar-refractivity contribution in [2.75, 3.05) is 9.03 Å². The maximum absolute atomic E-state index is 12.9. The topological polar surface area (TPSA) is 101 Å². The fraction of sp³-hybridized carbons (Fsp3) is 0.0500. The van der Waals surface area contributed by atoms with E-state index in [9.17, 15) is 21.6 Å². The van der Waals surface area contributed by atoms with Crippen LogP contribution in [0.1, 0.15) is 15.9 Å². The first-order valence-corrected chi connectivity index (χ1v) is 11.5. The van der Waals surface area contributed by atoms with Crippen LogP contribution in [0.25, 0.3) is 0 Å². The molecule has 0 aliphatic carbocycles. The first kappa shape index (κ1) is 19.2. The number of nitrogens with zero attached hydrogens (tertiary/aromatic N) is 1. The molecule has 0 spiro atoms. The Morgan fingerprint density at radius 1 is 0.793 bits per heavy atom. The Kier molecular flexibility index (Phi) is 4.44. The summed E-state index contributed by atoms with van der Waals surface area (Å²) in [6, 6.07) is 18.1. The van der Waals surface area contributed by atoms with Gasteiger partial charge in [-0.05, 0) is 49.4 Å². The van der Waals surface area contributed by atoms with Gasteiger partial charge in [-0.3, -0.25) is 4.79 Å². The predicted molar refractivity (Wildman–Crippen MR) is 109 cm³/mol. The maximum atomic E-state index is 12.9. The minimum Gasteiger partial charge on any atom is -0.322 e. The van der Waals surface area contributed by atoms with Crippen LogP contribution in [-0.2, 0) is 20.0 Å². The van der Waals surface area contributed by atoms with Crippen molar-refractivity contribution >= 4 is 37.3 Å². The third kappa shape index (κ3) is 3.18. The van der Waals surface area contributed by atoms with Gasteiger partial charge in [-0.15, -0.1) is 0 Å². The van der Waals surface area contributed by atoms with Crippen LogP contribution in [0.5, 0.6) is 0 Å². The number of nitrogens with one attached hydrogen (secondary N) is 1. The fourth-order valence-corrected chi connectivity index (χ4v) is 7.58. The molecule has 4 rings (SSSR count). The number of aryl methyl sites for hydroxylation is 1. The van der Waals surface area contributed by atoms with Crippen LogP contribution in [0.4, 0.5) is 11.4 Å². The Labute approximate surface area is 168 Å². The smallest absolute Gasteiger partial charge is 0.279 e. The summed E-state index contributed by atoms with van der Waals surface area (Å²) in [5.74, 6) is -0.388. The standard InChI is InChI=1S/C20H16N2O5S2/c1-14-6-4-7-15(12-14)20(23)21-16-8-5-9-17(13-16)22-28(24,25)18-10-2-3-11-19(18)29(22,26)27/h2-13H,1H3,(H,21,23). The molecule has 3 aromatic rings. The van der Waals surface area contributed by atoms with Crippen molar-refractivity contribution in [1.29, 1.82) is 0 Å². The van der Waals surface area contributed by atoms with Crippen LogP contribution >= 0.6 is 0 Å². The molecular formula is C20H16N2O5S2. The van der Waals surface area contributed by atoms with Gasteiger partial charge in [0.15, 0.2) is 0 Å². The van der Waals surface area contributed by atoms with Crippen molar-refractivity contribution in [3.63, 3.8) is 0 Å². The molecule has 0 radical (unpaired) electrons. The van der Waals surface area contributed by atoms with Crippen molar-refractivity contribution in [1.82, 2.24) is 0 Å². The Hall–Kier alpha value is -3.17. The lowest BCUT2D eigenvalue weighted by Gasteiger charge is -2.17. The quantitative estimate of drug-likeness (QED) is 0.691. The highest BCUT2D eigenvalue weighted by atomic mass is 32.3. The molecule has 148 valence electrons. The van der Waals surface area contributed by atoms with E-state index in [0.29, 0.717) is 9.27 Å². The van der Waals surface area contributed by atoms with Crippen LogP contribution in [0.3, 0.4) is 0 Å². The van der Waals surface area contributed by atoms with E-state index in [4.69, 9.17) is 0 Å². The van der Waals surface area contributed by atoms with E-state index in [-0.39, 0.29) is 27.1 Å². The summed E-state index contributed by atoms with van der Waals surface area (Å²) in [6.07, 6.45) is 0. The number of carbonyl (C=O) groups is 1. The zero-order chi connectivity index (χ0) is 20.8. The number of hydrogen-bond donors (Lipinski definition) is 1. The van der Waals surface area contributed by atoms with E-state index >= 15 is 0 Å². The molecule has 7 nitrogen and oxygen atoms in total. The number of anilines is 2. The molecule has 0 saturated heterocycles. The van der Waals surface area contributed by atoms with Crippen molar-refractivity contribution < 1.29 is 21.6 Å². The molecular weight excluding hydrogens is 412 g/mol. The first-order valence-electron chi connectivity index (χ1n) is 8.59. The van der Waals surface area contributed by atoms with E-state index in [1.807, 2.05) is 13.0 Å². The minimum atomic E-state index is -4.28. The van der Waals surface area contributed by atoms with Crippen LogP contribution in [0, 0.1) is 6.92 Å². The number of rotatable bonds is 3. The average Bonchev–Trinajstić information content (AvgIpc) is 2.84. The van der Waals surface area contributed by atoms with E-state index < -0.39 is 20.0 Å². The largest absolute Gasteiger partial charge is 0.322 e. The van der Waals surface area contributed by atoms with Crippen molar-refractivity contribution in [3.8, 4) is 0 Å². The lowest BCUT2D eigenvalue weighted by molar-refractivity contribution is 0.102.